The predicted octanol–water partition coefficient (Wildman–Crippen LogP) is 2.39. The van der Waals surface area contributed by atoms with Crippen molar-refractivity contribution >= 4 is 5.97 Å². The Morgan fingerprint density at radius 1 is 1.47 bits per heavy atom. The lowest BCUT2D eigenvalue weighted by Gasteiger charge is -2.25. The summed E-state index contributed by atoms with van der Waals surface area (Å²) in [5.41, 5.74) is -1.44. The van der Waals surface area contributed by atoms with Crippen LogP contribution in [0.3, 0.4) is 0 Å². The maximum Gasteiger partial charge on any atom is 0.305 e. The van der Waals surface area contributed by atoms with Gasteiger partial charge in [-0.1, -0.05) is 6.07 Å². The number of hydrogen-bond acceptors (Lipinski definition) is 4. The third-order valence-corrected chi connectivity index (χ3v) is 2.86. The van der Waals surface area contributed by atoms with Gasteiger partial charge in [0.1, 0.15) is 11.6 Å². The van der Waals surface area contributed by atoms with Crippen LogP contribution in [-0.2, 0) is 15.1 Å². The van der Waals surface area contributed by atoms with Gasteiger partial charge in [0.15, 0.2) is 0 Å². The topological polar surface area (TPSA) is 55.8 Å². The second-order valence-corrected chi connectivity index (χ2v) is 4.40. The van der Waals surface area contributed by atoms with Crippen LogP contribution in [0.25, 0.3) is 0 Å². The average Bonchev–Trinajstić information content (AvgIpc) is 2.36. The van der Waals surface area contributed by atoms with Gasteiger partial charge in [-0.25, -0.2) is 4.39 Å². The van der Waals surface area contributed by atoms with Crippen LogP contribution in [0.1, 0.15) is 32.3 Å². The minimum atomic E-state index is -1.50. The van der Waals surface area contributed by atoms with Crippen LogP contribution in [0, 0.1) is 5.82 Å². The van der Waals surface area contributed by atoms with Gasteiger partial charge in [0.2, 0.25) is 0 Å². The van der Waals surface area contributed by atoms with Crippen LogP contribution in [0.4, 0.5) is 4.39 Å². The summed E-state index contributed by atoms with van der Waals surface area (Å²) in [6, 6.07) is 4.31. The van der Waals surface area contributed by atoms with Crippen molar-refractivity contribution in [2.24, 2.45) is 0 Å². The first-order valence-corrected chi connectivity index (χ1v) is 6.13. The molecule has 0 saturated carbocycles. The van der Waals surface area contributed by atoms with Gasteiger partial charge in [-0.05, 0) is 32.4 Å². The molecule has 1 unspecified atom stereocenters. The smallest absolute Gasteiger partial charge is 0.305 e. The second-order valence-electron chi connectivity index (χ2n) is 4.40. The summed E-state index contributed by atoms with van der Waals surface area (Å²) in [7, 11) is 1.40. The van der Waals surface area contributed by atoms with E-state index in [0.717, 1.165) is 0 Å². The fourth-order valence-electron chi connectivity index (χ4n) is 1.90. The van der Waals surface area contributed by atoms with Gasteiger partial charge in [-0.2, -0.15) is 0 Å². The number of carbonyl (C=O) groups excluding carboxylic acids is 1. The number of rotatable bonds is 6. The number of aliphatic hydroxyl groups is 1. The fourth-order valence-corrected chi connectivity index (χ4v) is 1.90. The molecule has 1 rings (SSSR count). The van der Waals surface area contributed by atoms with E-state index < -0.39 is 17.4 Å². The maximum absolute atomic E-state index is 13.8. The van der Waals surface area contributed by atoms with Crippen molar-refractivity contribution in [2.45, 2.75) is 32.3 Å². The summed E-state index contributed by atoms with van der Waals surface area (Å²) in [5, 5.41) is 10.4. The van der Waals surface area contributed by atoms with Crippen LogP contribution >= 0.6 is 0 Å². The van der Waals surface area contributed by atoms with Gasteiger partial charge in [-0.15, -0.1) is 0 Å². The zero-order valence-corrected chi connectivity index (χ0v) is 11.4. The normalized spacial score (nSPS) is 13.7. The quantitative estimate of drug-likeness (QED) is 0.806. The van der Waals surface area contributed by atoms with Gasteiger partial charge in [0.25, 0.3) is 0 Å². The first-order chi connectivity index (χ1) is 8.92. The van der Waals surface area contributed by atoms with Crippen LogP contribution in [0.2, 0.25) is 0 Å². The van der Waals surface area contributed by atoms with Gasteiger partial charge in [0, 0.05) is 6.42 Å². The van der Waals surface area contributed by atoms with E-state index in [1.54, 1.807) is 13.0 Å². The molecule has 19 heavy (non-hydrogen) atoms. The molecule has 0 fully saturated rings. The Balaban J connectivity index is 2.90. The Morgan fingerprint density at radius 2 is 2.16 bits per heavy atom. The molecule has 1 atom stereocenters. The summed E-state index contributed by atoms with van der Waals surface area (Å²) in [6.45, 7) is 3.44. The number of ether oxygens (including phenoxy) is 2. The molecule has 0 amide bonds. The highest BCUT2D eigenvalue weighted by atomic mass is 19.1. The minimum absolute atomic E-state index is 0.0122. The molecule has 106 valence electrons. The molecule has 0 aliphatic carbocycles. The summed E-state index contributed by atoms with van der Waals surface area (Å²) in [6.07, 6.45) is 0.0709. The molecule has 0 spiro atoms. The standard InChI is InChI=1S/C14H19FO4/c1-4-19-12(16)8-9-14(2,17)13-10(15)6-5-7-11(13)18-3/h5-7,17H,4,8-9H2,1-3H3. The summed E-state index contributed by atoms with van der Waals surface area (Å²) >= 11 is 0. The van der Waals surface area contributed by atoms with Crippen molar-refractivity contribution in [3.05, 3.63) is 29.6 Å². The minimum Gasteiger partial charge on any atom is -0.496 e. The first kappa shape index (κ1) is 15.4. The number of benzene rings is 1. The third kappa shape index (κ3) is 3.92. The van der Waals surface area contributed by atoms with E-state index in [2.05, 4.69) is 0 Å². The zero-order valence-electron chi connectivity index (χ0n) is 11.4. The van der Waals surface area contributed by atoms with Gasteiger partial charge < -0.3 is 14.6 Å². The van der Waals surface area contributed by atoms with Crippen molar-refractivity contribution in [3.8, 4) is 5.75 Å². The number of hydrogen-bond donors (Lipinski definition) is 1. The molecule has 0 heterocycles. The van der Waals surface area contributed by atoms with Gasteiger partial charge in [-0.3, -0.25) is 4.79 Å². The summed E-state index contributed by atoms with van der Waals surface area (Å²) in [5.74, 6) is -0.722. The highest BCUT2D eigenvalue weighted by Gasteiger charge is 2.31. The Morgan fingerprint density at radius 3 is 2.74 bits per heavy atom. The number of halogens is 1. The second kappa shape index (κ2) is 6.52. The van der Waals surface area contributed by atoms with Crippen LogP contribution in [-0.4, -0.2) is 24.8 Å². The highest BCUT2D eigenvalue weighted by Crippen LogP contribution is 2.35. The molecule has 1 aromatic rings. The molecule has 1 aromatic carbocycles. The van der Waals surface area contributed by atoms with E-state index in [4.69, 9.17) is 9.47 Å². The monoisotopic (exact) mass is 270 g/mol. The molecule has 1 N–H and O–H groups in total. The molecule has 0 saturated heterocycles. The Kier molecular flexibility index (Phi) is 5.30. The average molecular weight is 270 g/mol. The van der Waals surface area contributed by atoms with Crippen molar-refractivity contribution in [1.29, 1.82) is 0 Å². The fraction of sp³-hybridized carbons (Fsp3) is 0.500. The first-order valence-electron chi connectivity index (χ1n) is 6.13. The Bertz CT molecular complexity index is 443. The molecular weight excluding hydrogens is 251 g/mol. The maximum atomic E-state index is 13.8. The van der Waals surface area contributed by atoms with Crippen LogP contribution in [0.5, 0.6) is 5.75 Å². The molecule has 0 aliphatic rings. The molecule has 4 nitrogen and oxygen atoms in total. The van der Waals surface area contributed by atoms with Crippen LogP contribution < -0.4 is 4.74 Å². The van der Waals surface area contributed by atoms with Gasteiger partial charge >= 0.3 is 5.97 Å². The molecule has 0 radical (unpaired) electrons. The molecular formula is C14H19FO4. The van der Waals surface area contributed by atoms with E-state index in [1.165, 1.54) is 26.2 Å². The lowest BCUT2D eigenvalue weighted by molar-refractivity contribution is -0.144. The van der Waals surface area contributed by atoms with E-state index in [1.807, 2.05) is 0 Å². The molecule has 0 aromatic heterocycles. The van der Waals surface area contributed by atoms with Crippen molar-refractivity contribution < 1.29 is 23.8 Å². The van der Waals surface area contributed by atoms with Crippen molar-refractivity contribution in [2.75, 3.05) is 13.7 Å². The SMILES string of the molecule is CCOC(=O)CCC(C)(O)c1c(F)cccc1OC. The third-order valence-electron chi connectivity index (χ3n) is 2.86. The highest BCUT2D eigenvalue weighted by molar-refractivity contribution is 5.69. The Hall–Kier alpha value is -1.62. The van der Waals surface area contributed by atoms with Gasteiger partial charge in [0.05, 0.1) is 24.9 Å². The molecule has 5 heteroatoms. The van der Waals surface area contributed by atoms with E-state index in [9.17, 15) is 14.3 Å². The summed E-state index contributed by atoms with van der Waals surface area (Å²) < 4.78 is 23.7. The van der Waals surface area contributed by atoms with Crippen molar-refractivity contribution in [1.82, 2.24) is 0 Å². The lowest BCUT2D eigenvalue weighted by atomic mass is 9.90. The number of esters is 1. The summed E-state index contributed by atoms with van der Waals surface area (Å²) in [4.78, 5) is 11.3. The zero-order chi connectivity index (χ0) is 14.5. The van der Waals surface area contributed by atoms with E-state index >= 15 is 0 Å². The van der Waals surface area contributed by atoms with Crippen LogP contribution in [0.15, 0.2) is 18.2 Å². The van der Waals surface area contributed by atoms with E-state index in [-0.39, 0.29) is 30.8 Å². The molecule has 0 bridgehead atoms. The number of methoxy groups -OCH3 is 1. The molecule has 0 aliphatic heterocycles. The van der Waals surface area contributed by atoms with Crippen molar-refractivity contribution in [3.63, 3.8) is 0 Å². The number of carbonyl (C=O) groups is 1. The predicted molar refractivity (Wildman–Crippen MR) is 68.4 cm³/mol. The Labute approximate surface area is 112 Å². The largest absolute Gasteiger partial charge is 0.496 e. The van der Waals surface area contributed by atoms with E-state index in [0.29, 0.717) is 0 Å². The lowest BCUT2D eigenvalue weighted by Crippen LogP contribution is -2.25.